The Hall–Kier alpha value is -1.46. The normalized spacial score (nSPS) is 24.7. The van der Waals surface area contributed by atoms with Gasteiger partial charge < -0.3 is 15.1 Å². The van der Waals surface area contributed by atoms with Gasteiger partial charge in [0.05, 0.1) is 6.04 Å². The third-order valence-electron chi connectivity index (χ3n) is 4.49. The van der Waals surface area contributed by atoms with Crippen molar-refractivity contribution in [3.8, 4) is 0 Å². The molecule has 0 saturated carbocycles. The van der Waals surface area contributed by atoms with Gasteiger partial charge in [0.25, 0.3) is 0 Å². The fraction of sp³-hybridized carbons (Fsp3) is 0.643. The van der Waals surface area contributed by atoms with E-state index in [1.807, 2.05) is 18.2 Å². The SMILES string of the molecule is Cl.O=C1C2CNC3=CC=CC(CN1CCCCNS(=O)(=O)C(F)(F)F)N32. The predicted molar refractivity (Wildman–Crippen MR) is 90.7 cm³/mol. The van der Waals surface area contributed by atoms with E-state index >= 15 is 0 Å². The van der Waals surface area contributed by atoms with E-state index in [1.54, 1.807) is 4.90 Å². The number of allylic oxidation sites excluding steroid dienone is 2. The zero-order chi connectivity index (χ0) is 18.2. The molecule has 2 unspecified atom stereocenters. The molecule has 148 valence electrons. The molecule has 3 aliphatic heterocycles. The van der Waals surface area contributed by atoms with Crippen LogP contribution in [-0.2, 0) is 14.8 Å². The van der Waals surface area contributed by atoms with Crippen LogP contribution in [-0.4, -0.2) is 67.9 Å². The van der Waals surface area contributed by atoms with Crippen LogP contribution in [0, 0.1) is 0 Å². The number of carbonyl (C=O) groups excluding carboxylic acids is 1. The van der Waals surface area contributed by atoms with Gasteiger partial charge in [-0.25, -0.2) is 13.1 Å². The first-order valence-corrected chi connectivity index (χ1v) is 9.44. The van der Waals surface area contributed by atoms with E-state index < -0.39 is 15.5 Å². The van der Waals surface area contributed by atoms with E-state index in [4.69, 9.17) is 0 Å². The van der Waals surface area contributed by atoms with Crippen LogP contribution < -0.4 is 10.0 Å². The fourth-order valence-corrected chi connectivity index (χ4v) is 3.86. The first kappa shape index (κ1) is 20.8. The molecule has 1 amide bonds. The number of rotatable bonds is 6. The summed E-state index contributed by atoms with van der Waals surface area (Å²) < 4.78 is 59.9. The maximum atomic E-state index is 12.5. The minimum Gasteiger partial charge on any atom is -0.369 e. The second kappa shape index (κ2) is 7.65. The average Bonchev–Trinajstić information content (AvgIpc) is 2.96. The number of alkyl halides is 3. The molecule has 0 aliphatic carbocycles. The molecular weight excluding hydrogens is 397 g/mol. The third-order valence-corrected chi connectivity index (χ3v) is 5.68. The number of amides is 1. The molecule has 3 rings (SSSR count). The molecule has 26 heavy (non-hydrogen) atoms. The minimum atomic E-state index is -5.30. The van der Waals surface area contributed by atoms with Gasteiger partial charge in [-0.1, -0.05) is 12.2 Å². The molecule has 7 nitrogen and oxygen atoms in total. The molecule has 2 atom stereocenters. The summed E-state index contributed by atoms with van der Waals surface area (Å²) >= 11 is 0. The van der Waals surface area contributed by atoms with Gasteiger partial charge in [-0.3, -0.25) is 4.79 Å². The minimum absolute atomic E-state index is 0. The maximum Gasteiger partial charge on any atom is 0.511 e. The Bertz CT molecular complexity index is 711. The average molecular weight is 417 g/mol. The molecule has 12 heteroatoms. The highest BCUT2D eigenvalue weighted by Gasteiger charge is 2.46. The van der Waals surface area contributed by atoms with Gasteiger partial charge in [-0.05, 0) is 18.9 Å². The monoisotopic (exact) mass is 416 g/mol. The highest BCUT2D eigenvalue weighted by atomic mass is 35.5. The van der Waals surface area contributed by atoms with Crippen LogP contribution in [0.3, 0.4) is 0 Å². The molecular formula is C14H20ClF3N4O3S. The summed E-state index contributed by atoms with van der Waals surface area (Å²) in [6.07, 6.45) is 6.52. The molecule has 0 aromatic heterocycles. The number of nitrogens with one attached hydrogen (secondary N) is 2. The van der Waals surface area contributed by atoms with Crippen molar-refractivity contribution in [2.24, 2.45) is 0 Å². The number of sulfonamides is 1. The molecule has 0 aromatic carbocycles. The zero-order valence-corrected chi connectivity index (χ0v) is 15.3. The van der Waals surface area contributed by atoms with Crippen molar-refractivity contribution >= 4 is 28.3 Å². The van der Waals surface area contributed by atoms with Crippen LogP contribution in [0.1, 0.15) is 12.8 Å². The summed E-state index contributed by atoms with van der Waals surface area (Å²) in [6.45, 7) is 1.13. The molecule has 2 saturated heterocycles. The standard InChI is InChI=1S/C14H19F3N4O3S.ClH/c15-14(16,17)25(23,24)19-6-1-2-7-20-9-10-4-3-5-12-18-8-11(13(20)22)21(10)12;/h3-5,10-11,18-19H,1-2,6-9H2;1H. The summed E-state index contributed by atoms with van der Waals surface area (Å²) in [5.41, 5.74) is -5.30. The second-order valence-electron chi connectivity index (χ2n) is 6.14. The predicted octanol–water partition coefficient (Wildman–Crippen LogP) is 0.523. The number of hydrogen-bond acceptors (Lipinski definition) is 5. The van der Waals surface area contributed by atoms with E-state index in [-0.39, 0.29) is 43.4 Å². The van der Waals surface area contributed by atoms with Crippen molar-refractivity contribution in [2.75, 3.05) is 26.2 Å². The quantitative estimate of drug-likeness (QED) is 0.617. The summed E-state index contributed by atoms with van der Waals surface area (Å²) in [5, 5.41) is 3.19. The largest absolute Gasteiger partial charge is 0.511 e. The lowest BCUT2D eigenvalue weighted by Crippen LogP contribution is -2.59. The van der Waals surface area contributed by atoms with E-state index in [1.165, 1.54) is 4.72 Å². The molecule has 2 N–H and O–H groups in total. The molecule has 0 aromatic rings. The summed E-state index contributed by atoms with van der Waals surface area (Å²) in [4.78, 5) is 16.3. The van der Waals surface area contributed by atoms with Gasteiger partial charge in [0, 0.05) is 26.2 Å². The molecule has 0 bridgehead atoms. The zero-order valence-electron chi connectivity index (χ0n) is 13.7. The van der Waals surface area contributed by atoms with Crippen LogP contribution in [0.2, 0.25) is 0 Å². The third kappa shape index (κ3) is 3.94. The number of piperazine rings is 1. The van der Waals surface area contributed by atoms with Crippen LogP contribution in [0.25, 0.3) is 0 Å². The van der Waals surface area contributed by atoms with E-state index in [9.17, 15) is 26.4 Å². The summed E-state index contributed by atoms with van der Waals surface area (Å²) in [7, 11) is -5.30. The molecule has 0 radical (unpaired) electrons. The Morgan fingerprint density at radius 3 is 2.73 bits per heavy atom. The van der Waals surface area contributed by atoms with E-state index in [2.05, 4.69) is 10.2 Å². The lowest BCUT2D eigenvalue weighted by atomic mass is 10.0. The van der Waals surface area contributed by atoms with Gasteiger partial charge >= 0.3 is 15.5 Å². The van der Waals surface area contributed by atoms with Gasteiger partial charge in [-0.2, -0.15) is 13.2 Å². The van der Waals surface area contributed by atoms with E-state index in [0.29, 0.717) is 26.1 Å². The summed E-state index contributed by atoms with van der Waals surface area (Å²) in [5.74, 6) is 0.922. The van der Waals surface area contributed by atoms with Crippen molar-refractivity contribution in [3.63, 3.8) is 0 Å². The topological polar surface area (TPSA) is 81.8 Å². The molecule has 0 spiro atoms. The Morgan fingerprint density at radius 1 is 1.31 bits per heavy atom. The Labute approximate surface area is 155 Å². The Morgan fingerprint density at radius 2 is 2.04 bits per heavy atom. The molecule has 3 aliphatic rings. The van der Waals surface area contributed by atoms with Gasteiger partial charge in [0.15, 0.2) is 0 Å². The van der Waals surface area contributed by atoms with Crippen molar-refractivity contribution in [2.45, 2.75) is 30.4 Å². The highest BCUT2D eigenvalue weighted by Crippen LogP contribution is 2.28. The number of nitrogens with zero attached hydrogens (tertiary/aromatic N) is 2. The number of unbranched alkanes of at least 4 members (excludes halogenated alkanes) is 1. The van der Waals surface area contributed by atoms with Gasteiger partial charge in [0.1, 0.15) is 11.9 Å². The Kier molecular flexibility index (Phi) is 6.13. The summed E-state index contributed by atoms with van der Waals surface area (Å²) in [6, 6.07) is -0.180. The molecule has 3 heterocycles. The van der Waals surface area contributed by atoms with Crippen molar-refractivity contribution in [1.82, 2.24) is 19.8 Å². The van der Waals surface area contributed by atoms with E-state index in [0.717, 1.165) is 5.82 Å². The second-order valence-corrected chi connectivity index (χ2v) is 7.90. The highest BCUT2D eigenvalue weighted by molar-refractivity contribution is 7.90. The van der Waals surface area contributed by atoms with Crippen molar-refractivity contribution in [1.29, 1.82) is 0 Å². The number of hydrogen-bond donors (Lipinski definition) is 2. The van der Waals surface area contributed by atoms with Crippen LogP contribution in [0.4, 0.5) is 13.2 Å². The first-order chi connectivity index (χ1) is 11.7. The lowest BCUT2D eigenvalue weighted by Gasteiger charge is -2.43. The van der Waals surface area contributed by atoms with Gasteiger partial charge in [-0.15, -0.1) is 12.4 Å². The smallest absolute Gasteiger partial charge is 0.369 e. The maximum absolute atomic E-state index is 12.5. The number of carbonyl (C=O) groups is 1. The van der Waals surface area contributed by atoms with Crippen molar-refractivity contribution < 1.29 is 26.4 Å². The van der Waals surface area contributed by atoms with Crippen molar-refractivity contribution in [3.05, 3.63) is 24.0 Å². The Balaban J connectivity index is 0.00000243. The van der Waals surface area contributed by atoms with Gasteiger partial charge in [0.2, 0.25) is 5.91 Å². The van der Waals surface area contributed by atoms with Crippen LogP contribution in [0.5, 0.6) is 0 Å². The van der Waals surface area contributed by atoms with Crippen LogP contribution in [0.15, 0.2) is 24.0 Å². The lowest BCUT2D eigenvalue weighted by molar-refractivity contribution is -0.140. The number of halogens is 4. The fourth-order valence-electron chi connectivity index (χ4n) is 3.28. The molecule has 2 fully saturated rings. The first-order valence-electron chi connectivity index (χ1n) is 7.96. The van der Waals surface area contributed by atoms with Crippen LogP contribution >= 0.6 is 12.4 Å².